The van der Waals surface area contributed by atoms with Gasteiger partial charge in [0.05, 0.1) is 6.67 Å². The van der Waals surface area contributed by atoms with E-state index < -0.39 is 5.54 Å². The van der Waals surface area contributed by atoms with Crippen LogP contribution in [0.2, 0.25) is 0 Å². The van der Waals surface area contributed by atoms with Crippen molar-refractivity contribution >= 4 is 17.5 Å². The Hall–Kier alpha value is -2.14. The molecule has 1 N–H and O–H groups in total. The van der Waals surface area contributed by atoms with Crippen molar-refractivity contribution in [3.63, 3.8) is 0 Å². The minimum absolute atomic E-state index is 0.0622. The van der Waals surface area contributed by atoms with Crippen LogP contribution in [0.1, 0.15) is 31.7 Å². The maximum absolute atomic E-state index is 12.7. The lowest BCUT2D eigenvalue weighted by Gasteiger charge is -2.29. The summed E-state index contributed by atoms with van der Waals surface area (Å²) in [6.07, 6.45) is 5.21. The van der Waals surface area contributed by atoms with Crippen LogP contribution in [0.3, 0.4) is 0 Å². The highest BCUT2D eigenvalue weighted by Crippen LogP contribution is 2.42. The molecule has 0 aromatic heterocycles. The van der Waals surface area contributed by atoms with E-state index in [-0.39, 0.29) is 11.9 Å². The zero-order chi connectivity index (χ0) is 16.7. The number of amides is 3. The molecule has 5 nitrogen and oxygen atoms in total. The highest BCUT2D eigenvalue weighted by Gasteiger charge is 2.56. The van der Waals surface area contributed by atoms with Gasteiger partial charge in [-0.05, 0) is 43.2 Å². The van der Waals surface area contributed by atoms with Gasteiger partial charge in [-0.15, -0.1) is 0 Å². The first-order valence-electron chi connectivity index (χ1n) is 8.69. The highest BCUT2D eigenvalue weighted by atomic mass is 16.2. The molecule has 4 rings (SSSR count). The van der Waals surface area contributed by atoms with E-state index in [1.807, 2.05) is 13.0 Å². The van der Waals surface area contributed by atoms with E-state index in [9.17, 15) is 9.59 Å². The lowest BCUT2D eigenvalue weighted by molar-refractivity contribution is -0.132. The third-order valence-electron chi connectivity index (χ3n) is 5.47. The van der Waals surface area contributed by atoms with Gasteiger partial charge in [-0.3, -0.25) is 9.69 Å². The molecule has 1 atom stereocenters. The summed E-state index contributed by atoms with van der Waals surface area (Å²) in [5.41, 5.74) is 1.91. The summed E-state index contributed by atoms with van der Waals surface area (Å²) < 4.78 is 0. The fourth-order valence-corrected chi connectivity index (χ4v) is 3.74. The first-order chi connectivity index (χ1) is 11.6. The fourth-order valence-electron chi connectivity index (χ4n) is 3.74. The molecule has 24 heavy (non-hydrogen) atoms. The first-order valence-corrected chi connectivity index (χ1v) is 8.69. The Morgan fingerprint density at radius 1 is 1.21 bits per heavy atom. The molecular formula is C19H23N3O2. The largest absolute Gasteiger partial charge is 0.326 e. The van der Waals surface area contributed by atoms with Crippen molar-refractivity contribution in [1.82, 2.24) is 15.1 Å². The molecule has 0 bridgehead atoms. The molecule has 2 aliphatic heterocycles. The average Bonchev–Trinajstić information content (AvgIpc) is 3.43. The molecule has 5 heteroatoms. The number of benzene rings is 1. The van der Waals surface area contributed by atoms with Gasteiger partial charge >= 0.3 is 6.03 Å². The lowest BCUT2D eigenvalue weighted by Crippen LogP contribution is -2.47. The Balaban J connectivity index is 1.41. The Morgan fingerprint density at radius 3 is 2.58 bits per heavy atom. The second-order valence-electron chi connectivity index (χ2n) is 7.20. The molecule has 1 saturated heterocycles. The SMILES string of the molecule is C[C@@]1(C2CC2)NC(=O)N(CN2CC=C(c3ccccc3)CC2)C1=O. The van der Waals surface area contributed by atoms with Gasteiger partial charge in [0, 0.05) is 13.1 Å². The number of rotatable bonds is 4. The number of hydrogen-bond donors (Lipinski definition) is 1. The second kappa shape index (κ2) is 5.74. The van der Waals surface area contributed by atoms with Crippen LogP contribution >= 0.6 is 0 Å². The van der Waals surface area contributed by atoms with Gasteiger partial charge in [-0.25, -0.2) is 9.69 Å². The van der Waals surface area contributed by atoms with Gasteiger partial charge in [0.2, 0.25) is 0 Å². The van der Waals surface area contributed by atoms with Gasteiger partial charge in [0.25, 0.3) is 5.91 Å². The molecular weight excluding hydrogens is 302 g/mol. The Bertz CT molecular complexity index is 696. The number of urea groups is 1. The summed E-state index contributed by atoms with van der Waals surface area (Å²) in [4.78, 5) is 28.5. The van der Waals surface area contributed by atoms with E-state index in [4.69, 9.17) is 0 Å². The summed E-state index contributed by atoms with van der Waals surface area (Å²) in [5, 5.41) is 2.91. The summed E-state index contributed by atoms with van der Waals surface area (Å²) >= 11 is 0. The molecule has 3 aliphatic rings. The average molecular weight is 325 g/mol. The number of hydrogen-bond acceptors (Lipinski definition) is 3. The molecule has 2 heterocycles. The van der Waals surface area contributed by atoms with Gasteiger partial charge < -0.3 is 5.32 Å². The minimum atomic E-state index is -0.683. The van der Waals surface area contributed by atoms with Crippen molar-refractivity contribution in [2.45, 2.75) is 31.7 Å². The smallest absolute Gasteiger partial charge is 0.323 e. The van der Waals surface area contributed by atoms with Crippen molar-refractivity contribution in [2.75, 3.05) is 19.8 Å². The molecule has 126 valence electrons. The van der Waals surface area contributed by atoms with Crippen LogP contribution in [0.15, 0.2) is 36.4 Å². The number of imide groups is 1. The molecule has 1 aromatic carbocycles. The van der Waals surface area contributed by atoms with Crippen LogP contribution in [0.25, 0.3) is 5.57 Å². The molecule has 2 fully saturated rings. The molecule has 1 saturated carbocycles. The predicted molar refractivity (Wildman–Crippen MR) is 92.0 cm³/mol. The van der Waals surface area contributed by atoms with Crippen LogP contribution in [0, 0.1) is 5.92 Å². The minimum Gasteiger partial charge on any atom is -0.323 e. The van der Waals surface area contributed by atoms with Gasteiger partial charge in [0.15, 0.2) is 0 Å². The van der Waals surface area contributed by atoms with Crippen molar-refractivity contribution in [3.8, 4) is 0 Å². The quantitative estimate of drug-likeness (QED) is 0.865. The summed E-state index contributed by atoms with van der Waals surface area (Å²) in [7, 11) is 0. The van der Waals surface area contributed by atoms with Crippen LogP contribution in [0.5, 0.6) is 0 Å². The standard InChI is InChI=1S/C19H23N3O2/c1-19(16-7-8-16)17(23)22(18(24)20-19)13-21-11-9-15(10-12-21)14-5-3-2-4-6-14/h2-6,9,16H,7-8,10-13H2,1H3,(H,20,24)/t19-/m0/s1. The van der Waals surface area contributed by atoms with Crippen LogP contribution < -0.4 is 5.32 Å². The Kier molecular flexibility index (Phi) is 3.68. The van der Waals surface area contributed by atoms with Gasteiger partial charge in [0.1, 0.15) is 5.54 Å². The topological polar surface area (TPSA) is 52.7 Å². The molecule has 0 unspecified atom stereocenters. The second-order valence-corrected chi connectivity index (χ2v) is 7.20. The number of carbonyl (C=O) groups is 2. The Labute approximate surface area is 142 Å². The van der Waals surface area contributed by atoms with Crippen LogP contribution in [-0.2, 0) is 4.79 Å². The zero-order valence-corrected chi connectivity index (χ0v) is 14.0. The molecule has 1 aromatic rings. The summed E-state index contributed by atoms with van der Waals surface area (Å²) in [5.74, 6) is 0.248. The fraction of sp³-hybridized carbons (Fsp3) is 0.474. The molecule has 0 radical (unpaired) electrons. The maximum atomic E-state index is 12.7. The lowest BCUT2D eigenvalue weighted by atomic mass is 9.96. The van der Waals surface area contributed by atoms with Gasteiger partial charge in [-0.1, -0.05) is 36.4 Å². The monoisotopic (exact) mass is 325 g/mol. The number of carbonyl (C=O) groups excluding carboxylic acids is 2. The number of nitrogens with one attached hydrogen (secondary N) is 1. The van der Waals surface area contributed by atoms with E-state index >= 15 is 0 Å². The summed E-state index contributed by atoms with van der Waals surface area (Å²) in [6.45, 7) is 3.87. The maximum Gasteiger partial charge on any atom is 0.326 e. The predicted octanol–water partition coefficient (Wildman–Crippen LogP) is 2.45. The first kappa shape index (κ1) is 15.4. The summed E-state index contributed by atoms with van der Waals surface area (Å²) in [6, 6.07) is 10.1. The third kappa shape index (κ3) is 2.63. The van der Waals surface area contributed by atoms with Crippen molar-refractivity contribution in [1.29, 1.82) is 0 Å². The van der Waals surface area contributed by atoms with Crippen LogP contribution in [0.4, 0.5) is 4.79 Å². The molecule has 1 aliphatic carbocycles. The van der Waals surface area contributed by atoms with Crippen molar-refractivity contribution in [2.24, 2.45) is 5.92 Å². The third-order valence-corrected chi connectivity index (χ3v) is 5.47. The van der Waals surface area contributed by atoms with E-state index in [0.717, 1.165) is 32.4 Å². The van der Waals surface area contributed by atoms with Crippen molar-refractivity contribution in [3.05, 3.63) is 42.0 Å². The molecule has 3 amide bonds. The Morgan fingerprint density at radius 2 is 1.96 bits per heavy atom. The van der Waals surface area contributed by atoms with Gasteiger partial charge in [-0.2, -0.15) is 0 Å². The van der Waals surface area contributed by atoms with Crippen LogP contribution in [-0.4, -0.2) is 47.0 Å². The van der Waals surface area contributed by atoms with E-state index in [1.54, 1.807) is 0 Å². The zero-order valence-electron chi connectivity index (χ0n) is 14.0. The highest BCUT2D eigenvalue weighted by molar-refractivity contribution is 6.07. The van der Waals surface area contributed by atoms with E-state index in [1.165, 1.54) is 16.0 Å². The van der Waals surface area contributed by atoms with E-state index in [2.05, 4.69) is 40.6 Å². The van der Waals surface area contributed by atoms with E-state index in [0.29, 0.717) is 12.6 Å². The normalized spacial score (nSPS) is 28.0. The number of nitrogens with zero attached hydrogens (tertiary/aromatic N) is 2. The van der Waals surface area contributed by atoms with Crippen molar-refractivity contribution < 1.29 is 9.59 Å². The molecule has 0 spiro atoms.